The summed E-state index contributed by atoms with van der Waals surface area (Å²) in [5.41, 5.74) is 0.167. The highest BCUT2D eigenvalue weighted by atomic mass is 16.5. The normalized spacial score (nSPS) is 15.8. The Labute approximate surface area is 118 Å². The molecule has 1 aliphatic heterocycles. The lowest BCUT2D eigenvalue weighted by atomic mass is 10.1. The summed E-state index contributed by atoms with van der Waals surface area (Å²) in [6, 6.07) is 4.85. The molecule has 0 atom stereocenters. The van der Waals surface area contributed by atoms with Crippen LogP contribution in [-0.4, -0.2) is 37.0 Å². The molecule has 0 aromatic heterocycles. The van der Waals surface area contributed by atoms with E-state index in [0.29, 0.717) is 31.3 Å². The molecule has 0 amide bonds. The van der Waals surface area contributed by atoms with Gasteiger partial charge in [0.25, 0.3) is 0 Å². The van der Waals surface area contributed by atoms with Crippen LogP contribution in [0.5, 0.6) is 11.5 Å². The maximum atomic E-state index is 11.2. The van der Waals surface area contributed by atoms with Gasteiger partial charge in [-0.15, -0.1) is 0 Å². The molecule has 5 nitrogen and oxygen atoms in total. The highest BCUT2D eigenvalue weighted by Crippen LogP contribution is 2.28. The molecule has 1 aromatic carbocycles. The molecule has 0 saturated carbocycles. The maximum Gasteiger partial charge on any atom is 0.339 e. The number of hydrogen-bond donors (Lipinski definition) is 1. The molecule has 0 radical (unpaired) electrons. The summed E-state index contributed by atoms with van der Waals surface area (Å²) in [6.07, 6.45) is 2.46. The molecular weight excluding hydrogens is 260 g/mol. The second-order valence-electron chi connectivity index (χ2n) is 4.74. The molecule has 0 spiro atoms. The Hall–Kier alpha value is -1.75. The van der Waals surface area contributed by atoms with Crippen LogP contribution in [0.15, 0.2) is 18.2 Å². The zero-order chi connectivity index (χ0) is 14.4. The summed E-state index contributed by atoms with van der Waals surface area (Å²) in [7, 11) is 0. The van der Waals surface area contributed by atoms with E-state index in [1.54, 1.807) is 12.1 Å². The van der Waals surface area contributed by atoms with E-state index in [4.69, 9.17) is 14.2 Å². The van der Waals surface area contributed by atoms with Gasteiger partial charge in [0.2, 0.25) is 0 Å². The van der Waals surface area contributed by atoms with E-state index in [0.717, 1.165) is 19.3 Å². The number of carbonyl (C=O) groups is 1. The lowest BCUT2D eigenvalue weighted by Gasteiger charge is -2.24. The predicted octanol–water partition coefficient (Wildman–Crippen LogP) is 2.73. The summed E-state index contributed by atoms with van der Waals surface area (Å²) in [6.45, 7) is 3.92. The minimum atomic E-state index is -0.992. The van der Waals surface area contributed by atoms with Gasteiger partial charge >= 0.3 is 5.97 Å². The zero-order valence-electron chi connectivity index (χ0n) is 11.6. The van der Waals surface area contributed by atoms with Crippen molar-refractivity contribution < 1.29 is 24.1 Å². The van der Waals surface area contributed by atoms with Crippen LogP contribution in [0.25, 0.3) is 0 Å². The minimum Gasteiger partial charge on any atom is -0.493 e. The van der Waals surface area contributed by atoms with E-state index in [-0.39, 0.29) is 11.7 Å². The molecule has 2 rings (SSSR count). The number of carboxylic acids is 1. The second-order valence-corrected chi connectivity index (χ2v) is 4.74. The van der Waals surface area contributed by atoms with Crippen molar-refractivity contribution in [3.05, 3.63) is 23.8 Å². The molecule has 0 bridgehead atoms. The maximum absolute atomic E-state index is 11.2. The topological polar surface area (TPSA) is 65.0 Å². The fourth-order valence-electron chi connectivity index (χ4n) is 2.06. The SMILES string of the molecule is CCCOc1ccc(C(=O)O)c(OC2CCOCC2)c1. The summed E-state index contributed by atoms with van der Waals surface area (Å²) in [4.78, 5) is 11.2. The van der Waals surface area contributed by atoms with Gasteiger partial charge in [-0.25, -0.2) is 4.79 Å². The quantitative estimate of drug-likeness (QED) is 0.868. The Morgan fingerprint density at radius 3 is 2.80 bits per heavy atom. The number of benzene rings is 1. The van der Waals surface area contributed by atoms with E-state index in [1.807, 2.05) is 6.92 Å². The van der Waals surface area contributed by atoms with Gasteiger partial charge in [-0.3, -0.25) is 0 Å². The van der Waals surface area contributed by atoms with Gasteiger partial charge in [0.1, 0.15) is 23.2 Å². The molecule has 1 fully saturated rings. The fourth-order valence-corrected chi connectivity index (χ4v) is 2.06. The first-order valence-corrected chi connectivity index (χ1v) is 6.95. The Balaban J connectivity index is 2.14. The van der Waals surface area contributed by atoms with Crippen molar-refractivity contribution in [2.45, 2.75) is 32.3 Å². The third kappa shape index (κ3) is 3.87. The van der Waals surface area contributed by atoms with Crippen LogP contribution in [-0.2, 0) is 4.74 Å². The average molecular weight is 280 g/mol. The first kappa shape index (κ1) is 14.7. The lowest BCUT2D eigenvalue weighted by molar-refractivity contribution is 0.0247. The number of rotatable bonds is 6. The third-order valence-electron chi connectivity index (χ3n) is 3.12. The van der Waals surface area contributed by atoms with Crippen LogP contribution < -0.4 is 9.47 Å². The number of ether oxygens (including phenoxy) is 3. The van der Waals surface area contributed by atoms with Crippen molar-refractivity contribution in [3.8, 4) is 11.5 Å². The van der Waals surface area contributed by atoms with E-state index in [1.165, 1.54) is 6.07 Å². The Morgan fingerprint density at radius 1 is 1.40 bits per heavy atom. The number of carboxylic acid groups (broad SMARTS) is 1. The smallest absolute Gasteiger partial charge is 0.339 e. The van der Waals surface area contributed by atoms with Gasteiger partial charge in [-0.1, -0.05) is 6.92 Å². The van der Waals surface area contributed by atoms with Crippen LogP contribution >= 0.6 is 0 Å². The minimum absolute atomic E-state index is 0.00303. The van der Waals surface area contributed by atoms with Crippen molar-refractivity contribution in [2.75, 3.05) is 19.8 Å². The average Bonchev–Trinajstić information content (AvgIpc) is 2.46. The third-order valence-corrected chi connectivity index (χ3v) is 3.12. The molecule has 1 aliphatic rings. The van der Waals surface area contributed by atoms with Crippen LogP contribution in [0, 0.1) is 0 Å². The fraction of sp³-hybridized carbons (Fsp3) is 0.533. The van der Waals surface area contributed by atoms with E-state index >= 15 is 0 Å². The molecule has 20 heavy (non-hydrogen) atoms. The molecule has 0 unspecified atom stereocenters. The van der Waals surface area contributed by atoms with Crippen molar-refractivity contribution in [3.63, 3.8) is 0 Å². The first-order chi connectivity index (χ1) is 9.70. The van der Waals surface area contributed by atoms with Crippen LogP contribution in [0.1, 0.15) is 36.5 Å². The number of aromatic carboxylic acids is 1. The van der Waals surface area contributed by atoms with Gasteiger partial charge in [0, 0.05) is 18.9 Å². The molecule has 5 heteroatoms. The number of hydrogen-bond acceptors (Lipinski definition) is 4. The molecular formula is C15H20O5. The Bertz CT molecular complexity index is 452. The van der Waals surface area contributed by atoms with E-state index in [9.17, 15) is 9.90 Å². The van der Waals surface area contributed by atoms with Gasteiger partial charge in [-0.2, -0.15) is 0 Å². The highest BCUT2D eigenvalue weighted by Gasteiger charge is 2.19. The van der Waals surface area contributed by atoms with Crippen molar-refractivity contribution in [1.29, 1.82) is 0 Å². The highest BCUT2D eigenvalue weighted by molar-refractivity contribution is 5.91. The molecule has 1 heterocycles. The first-order valence-electron chi connectivity index (χ1n) is 6.95. The molecule has 110 valence electrons. The van der Waals surface area contributed by atoms with Crippen molar-refractivity contribution in [2.24, 2.45) is 0 Å². The summed E-state index contributed by atoms with van der Waals surface area (Å²) >= 11 is 0. The monoisotopic (exact) mass is 280 g/mol. The molecule has 1 saturated heterocycles. The lowest BCUT2D eigenvalue weighted by Crippen LogP contribution is -2.26. The van der Waals surface area contributed by atoms with E-state index < -0.39 is 5.97 Å². The second kappa shape index (κ2) is 7.14. The summed E-state index contributed by atoms with van der Waals surface area (Å²) in [5.74, 6) is 0.0195. The molecule has 0 aliphatic carbocycles. The Morgan fingerprint density at radius 2 is 2.15 bits per heavy atom. The summed E-state index contributed by atoms with van der Waals surface area (Å²) in [5, 5.41) is 9.22. The zero-order valence-corrected chi connectivity index (χ0v) is 11.6. The van der Waals surface area contributed by atoms with Crippen molar-refractivity contribution >= 4 is 5.97 Å². The summed E-state index contributed by atoms with van der Waals surface area (Å²) < 4.78 is 16.6. The van der Waals surface area contributed by atoms with Crippen LogP contribution in [0.4, 0.5) is 0 Å². The molecule has 1 N–H and O–H groups in total. The van der Waals surface area contributed by atoms with Gasteiger partial charge in [0.15, 0.2) is 0 Å². The predicted molar refractivity (Wildman–Crippen MR) is 73.7 cm³/mol. The van der Waals surface area contributed by atoms with E-state index in [2.05, 4.69) is 0 Å². The van der Waals surface area contributed by atoms with Crippen LogP contribution in [0.3, 0.4) is 0 Å². The van der Waals surface area contributed by atoms with Crippen molar-refractivity contribution in [1.82, 2.24) is 0 Å². The van der Waals surface area contributed by atoms with Gasteiger partial charge < -0.3 is 19.3 Å². The molecule has 1 aromatic rings. The van der Waals surface area contributed by atoms with Crippen LogP contribution in [0.2, 0.25) is 0 Å². The largest absolute Gasteiger partial charge is 0.493 e. The van der Waals surface area contributed by atoms with Gasteiger partial charge in [0.05, 0.1) is 19.8 Å². The van der Waals surface area contributed by atoms with Gasteiger partial charge in [-0.05, 0) is 18.6 Å². The standard InChI is InChI=1S/C15H20O5/c1-2-7-19-12-3-4-13(15(16)17)14(10-12)20-11-5-8-18-9-6-11/h3-4,10-11H,2,5-9H2,1H3,(H,16,17). The Kier molecular flexibility index (Phi) is 5.24.